The third kappa shape index (κ3) is 3.08. The van der Waals surface area contributed by atoms with Crippen molar-refractivity contribution in [1.29, 1.82) is 0 Å². The van der Waals surface area contributed by atoms with Crippen LogP contribution in [0.2, 0.25) is 0 Å². The van der Waals surface area contributed by atoms with Gasteiger partial charge in [-0.25, -0.2) is 4.79 Å². The van der Waals surface area contributed by atoms with Gasteiger partial charge in [0.05, 0.1) is 12.2 Å². The van der Waals surface area contributed by atoms with Crippen molar-refractivity contribution in [2.45, 2.75) is 40.0 Å². The van der Waals surface area contributed by atoms with Gasteiger partial charge in [-0.1, -0.05) is 17.7 Å². The molecule has 5 heteroatoms. The molecule has 1 amide bonds. The highest BCUT2D eigenvalue weighted by atomic mass is 32.1. The normalized spacial score (nSPS) is 12.8. The number of carbonyl (C=O) groups excluding carboxylic acids is 2. The fraction of sp³-hybridized carbons (Fsp3) is 0.368. The molecule has 0 saturated carbocycles. The second-order valence-corrected chi connectivity index (χ2v) is 7.16. The highest BCUT2D eigenvalue weighted by Gasteiger charge is 2.28. The van der Waals surface area contributed by atoms with Gasteiger partial charge in [0, 0.05) is 10.4 Å². The molecule has 0 aliphatic heterocycles. The van der Waals surface area contributed by atoms with E-state index in [0.717, 1.165) is 36.0 Å². The molecule has 0 fully saturated rings. The molecule has 1 aliphatic rings. The van der Waals surface area contributed by atoms with Crippen LogP contribution in [-0.2, 0) is 17.6 Å². The van der Waals surface area contributed by atoms with E-state index in [9.17, 15) is 9.59 Å². The Bertz CT molecular complexity index is 807. The Morgan fingerprint density at radius 2 is 2.04 bits per heavy atom. The number of aryl methyl sites for hydroxylation is 3. The Hall–Kier alpha value is -2.14. The van der Waals surface area contributed by atoms with Crippen molar-refractivity contribution in [2.75, 3.05) is 11.9 Å². The second kappa shape index (κ2) is 6.77. The van der Waals surface area contributed by atoms with E-state index in [1.54, 1.807) is 6.92 Å². The summed E-state index contributed by atoms with van der Waals surface area (Å²) in [5.74, 6) is -0.522. The number of rotatable bonds is 4. The number of anilines is 1. The molecule has 0 radical (unpaired) electrons. The molecule has 3 rings (SSSR count). The van der Waals surface area contributed by atoms with Gasteiger partial charge in [0.1, 0.15) is 5.00 Å². The highest BCUT2D eigenvalue weighted by Crippen LogP contribution is 2.39. The van der Waals surface area contributed by atoms with Crippen molar-refractivity contribution >= 4 is 28.2 Å². The van der Waals surface area contributed by atoms with Crippen LogP contribution in [0.1, 0.15) is 55.6 Å². The van der Waals surface area contributed by atoms with Crippen molar-refractivity contribution < 1.29 is 14.3 Å². The Morgan fingerprint density at radius 3 is 2.75 bits per heavy atom. The number of benzene rings is 1. The van der Waals surface area contributed by atoms with Gasteiger partial charge in [-0.15, -0.1) is 11.3 Å². The van der Waals surface area contributed by atoms with Gasteiger partial charge in [-0.2, -0.15) is 0 Å². The SMILES string of the molecule is CCOC(=O)c1c(NC(=O)c2ccc(C)cc2C)sc2c1CCC2. The van der Waals surface area contributed by atoms with Crippen molar-refractivity contribution in [2.24, 2.45) is 0 Å². The molecule has 0 bridgehead atoms. The molecule has 2 aromatic rings. The van der Waals surface area contributed by atoms with Crippen LogP contribution in [0.3, 0.4) is 0 Å². The molecule has 0 atom stereocenters. The maximum Gasteiger partial charge on any atom is 0.341 e. The third-order valence-corrected chi connectivity index (χ3v) is 5.46. The van der Waals surface area contributed by atoms with Crippen LogP contribution < -0.4 is 5.32 Å². The molecular formula is C19H21NO3S. The Morgan fingerprint density at radius 1 is 1.25 bits per heavy atom. The molecule has 1 aromatic carbocycles. The average Bonchev–Trinajstić information content (AvgIpc) is 3.07. The van der Waals surface area contributed by atoms with Crippen LogP contribution in [0, 0.1) is 13.8 Å². The Balaban J connectivity index is 1.92. The monoisotopic (exact) mass is 343 g/mol. The van der Waals surface area contributed by atoms with Crippen LogP contribution in [0.15, 0.2) is 18.2 Å². The van der Waals surface area contributed by atoms with E-state index in [-0.39, 0.29) is 11.9 Å². The number of amides is 1. The van der Waals surface area contributed by atoms with E-state index in [1.807, 2.05) is 32.0 Å². The lowest BCUT2D eigenvalue weighted by Crippen LogP contribution is -2.16. The third-order valence-electron chi connectivity index (χ3n) is 4.25. The minimum Gasteiger partial charge on any atom is -0.462 e. The summed E-state index contributed by atoms with van der Waals surface area (Å²) in [6.07, 6.45) is 2.89. The van der Waals surface area contributed by atoms with Crippen molar-refractivity contribution in [3.05, 3.63) is 50.9 Å². The number of esters is 1. The smallest absolute Gasteiger partial charge is 0.341 e. The molecule has 0 spiro atoms. The Labute approximate surface area is 145 Å². The first-order valence-electron chi connectivity index (χ1n) is 8.21. The summed E-state index contributed by atoms with van der Waals surface area (Å²) >= 11 is 1.50. The number of carbonyl (C=O) groups is 2. The highest BCUT2D eigenvalue weighted by molar-refractivity contribution is 7.17. The van der Waals surface area contributed by atoms with Gasteiger partial charge in [0.15, 0.2) is 0 Å². The summed E-state index contributed by atoms with van der Waals surface area (Å²) in [6.45, 7) is 6.03. The van der Waals surface area contributed by atoms with Crippen molar-refractivity contribution in [3.8, 4) is 0 Å². The van der Waals surface area contributed by atoms with Crippen LogP contribution in [0.4, 0.5) is 5.00 Å². The number of hydrogen-bond donors (Lipinski definition) is 1. The van der Waals surface area contributed by atoms with Crippen molar-refractivity contribution in [1.82, 2.24) is 0 Å². The number of fused-ring (bicyclic) bond motifs is 1. The minimum absolute atomic E-state index is 0.182. The lowest BCUT2D eigenvalue weighted by Gasteiger charge is -2.10. The van der Waals surface area contributed by atoms with Crippen LogP contribution >= 0.6 is 11.3 Å². The molecule has 1 N–H and O–H groups in total. The van der Waals surface area contributed by atoms with Gasteiger partial charge in [-0.3, -0.25) is 4.79 Å². The summed E-state index contributed by atoms with van der Waals surface area (Å²) in [6, 6.07) is 5.73. The predicted octanol–water partition coefficient (Wildman–Crippen LogP) is 4.28. The largest absolute Gasteiger partial charge is 0.462 e. The number of nitrogens with one attached hydrogen (secondary N) is 1. The van der Waals surface area contributed by atoms with Gasteiger partial charge in [0.2, 0.25) is 0 Å². The lowest BCUT2D eigenvalue weighted by atomic mass is 10.1. The van der Waals surface area contributed by atoms with Gasteiger partial charge in [0.25, 0.3) is 5.91 Å². The fourth-order valence-corrected chi connectivity index (χ4v) is 4.42. The van der Waals surface area contributed by atoms with Gasteiger partial charge in [-0.05, 0) is 57.2 Å². The molecule has 4 nitrogen and oxygen atoms in total. The maximum atomic E-state index is 12.6. The first kappa shape index (κ1) is 16.7. The quantitative estimate of drug-likeness (QED) is 0.843. The molecule has 126 valence electrons. The van der Waals surface area contributed by atoms with E-state index < -0.39 is 0 Å². The van der Waals surface area contributed by atoms with Crippen LogP contribution in [-0.4, -0.2) is 18.5 Å². The summed E-state index contributed by atoms with van der Waals surface area (Å²) in [5, 5.41) is 3.55. The molecule has 1 aromatic heterocycles. The minimum atomic E-state index is -0.340. The number of thiophene rings is 1. The maximum absolute atomic E-state index is 12.6. The summed E-state index contributed by atoms with van der Waals surface area (Å²) in [7, 11) is 0. The zero-order valence-corrected chi connectivity index (χ0v) is 15.0. The van der Waals surface area contributed by atoms with Crippen LogP contribution in [0.5, 0.6) is 0 Å². The number of ether oxygens (including phenoxy) is 1. The standard InChI is InChI=1S/C19H21NO3S/c1-4-23-19(22)16-14-6-5-7-15(14)24-18(16)20-17(21)13-9-8-11(2)10-12(13)3/h8-10H,4-7H2,1-3H3,(H,20,21). The first-order chi connectivity index (χ1) is 11.5. The molecule has 1 heterocycles. The zero-order chi connectivity index (χ0) is 17.3. The lowest BCUT2D eigenvalue weighted by molar-refractivity contribution is 0.0527. The topological polar surface area (TPSA) is 55.4 Å². The average molecular weight is 343 g/mol. The number of hydrogen-bond acceptors (Lipinski definition) is 4. The molecule has 0 unspecified atom stereocenters. The zero-order valence-electron chi connectivity index (χ0n) is 14.2. The van der Waals surface area contributed by atoms with E-state index in [4.69, 9.17) is 4.74 Å². The van der Waals surface area contributed by atoms with E-state index >= 15 is 0 Å². The summed E-state index contributed by atoms with van der Waals surface area (Å²) < 4.78 is 5.20. The Kier molecular flexibility index (Phi) is 4.71. The second-order valence-electron chi connectivity index (χ2n) is 6.05. The van der Waals surface area contributed by atoms with Crippen LogP contribution in [0.25, 0.3) is 0 Å². The summed E-state index contributed by atoms with van der Waals surface area (Å²) in [4.78, 5) is 26.2. The predicted molar refractivity (Wildman–Crippen MR) is 96.2 cm³/mol. The van der Waals surface area contributed by atoms with E-state index in [2.05, 4.69) is 5.32 Å². The fourth-order valence-electron chi connectivity index (χ4n) is 3.15. The van der Waals surface area contributed by atoms with Gasteiger partial charge < -0.3 is 10.1 Å². The molecular weight excluding hydrogens is 322 g/mol. The van der Waals surface area contributed by atoms with E-state index in [1.165, 1.54) is 16.2 Å². The molecule has 0 saturated heterocycles. The van der Waals surface area contributed by atoms with Crippen molar-refractivity contribution in [3.63, 3.8) is 0 Å². The first-order valence-corrected chi connectivity index (χ1v) is 9.03. The summed E-state index contributed by atoms with van der Waals surface area (Å²) in [5.41, 5.74) is 4.27. The van der Waals surface area contributed by atoms with Gasteiger partial charge >= 0.3 is 5.97 Å². The molecule has 1 aliphatic carbocycles. The van der Waals surface area contributed by atoms with E-state index in [0.29, 0.717) is 22.7 Å². The molecule has 24 heavy (non-hydrogen) atoms.